The summed E-state index contributed by atoms with van der Waals surface area (Å²) in [7, 11) is 0. The van der Waals surface area contributed by atoms with Gasteiger partial charge in [0.15, 0.2) is 11.6 Å². The maximum Gasteiger partial charge on any atom is 0.387 e. The number of benzene rings is 1. The highest BCUT2D eigenvalue weighted by Crippen LogP contribution is 2.50. The Labute approximate surface area is 201 Å². The Morgan fingerprint density at radius 2 is 1.76 bits per heavy atom. The van der Waals surface area contributed by atoms with Crippen LogP contribution < -0.4 is 9.47 Å². The number of rotatable bonds is 8. The third-order valence-electron chi connectivity index (χ3n) is 8.85. The highest BCUT2D eigenvalue weighted by atomic mass is 19.3. The summed E-state index contributed by atoms with van der Waals surface area (Å²) in [6, 6.07) is 3.23. The maximum absolute atomic E-state index is 14.3. The Hall–Kier alpha value is -1.72. The molecule has 6 heteroatoms. The molecule has 190 valence electrons. The number of unbranched alkanes of at least 4 members (excludes halogenated alkanes) is 1. The summed E-state index contributed by atoms with van der Waals surface area (Å²) in [5, 5.41) is 0. The Balaban J connectivity index is 1.31. The number of carbonyl (C=O) groups excluding carboxylic acids is 1. The number of carbonyl (C=O) groups is 1. The van der Waals surface area contributed by atoms with Crippen molar-refractivity contribution in [3.05, 3.63) is 24.0 Å². The van der Waals surface area contributed by atoms with Gasteiger partial charge in [-0.15, -0.1) is 0 Å². The van der Waals surface area contributed by atoms with Crippen LogP contribution in [0.15, 0.2) is 18.2 Å². The lowest BCUT2D eigenvalue weighted by atomic mass is 9.59. The molecule has 4 rings (SSSR count). The molecular formula is C28H39F3O3. The van der Waals surface area contributed by atoms with Crippen LogP contribution in [0.25, 0.3) is 0 Å². The van der Waals surface area contributed by atoms with Gasteiger partial charge >= 0.3 is 12.6 Å². The first kappa shape index (κ1) is 25.4. The van der Waals surface area contributed by atoms with Gasteiger partial charge in [0.2, 0.25) is 0 Å². The fourth-order valence-corrected chi connectivity index (χ4v) is 7.09. The van der Waals surface area contributed by atoms with Gasteiger partial charge in [-0.1, -0.05) is 51.9 Å². The van der Waals surface area contributed by atoms with Crippen LogP contribution in [0.1, 0.15) is 90.4 Å². The van der Waals surface area contributed by atoms with Gasteiger partial charge in [0, 0.05) is 6.07 Å². The topological polar surface area (TPSA) is 35.5 Å². The van der Waals surface area contributed by atoms with Crippen molar-refractivity contribution in [2.45, 2.75) is 97.0 Å². The summed E-state index contributed by atoms with van der Waals surface area (Å²) in [6.45, 7) is -0.756. The summed E-state index contributed by atoms with van der Waals surface area (Å²) >= 11 is 0. The van der Waals surface area contributed by atoms with Gasteiger partial charge in [-0.25, -0.2) is 4.39 Å². The number of alkyl halides is 2. The lowest BCUT2D eigenvalue weighted by Crippen LogP contribution is -2.40. The molecule has 0 bridgehead atoms. The standard InChI is InChI=1S/C28H39F3O3/c1-2-3-5-18-8-10-19(11-9-18)20-12-14-23-21(16-20)6-4-7-24(23)27(32)34-26-15-13-22(17-25(26)29)33-28(30)31/h13,15,17-21,23-24,28H,2-12,14,16H2,1H3. The minimum atomic E-state index is -3.03. The van der Waals surface area contributed by atoms with E-state index in [1.54, 1.807) is 0 Å². The van der Waals surface area contributed by atoms with Crippen LogP contribution in [0.2, 0.25) is 0 Å². The molecule has 1 aromatic carbocycles. The lowest BCUT2D eigenvalue weighted by Gasteiger charge is -2.46. The molecule has 3 fully saturated rings. The SMILES string of the molecule is CCCCC1CCC(C2CCC3C(CCCC3C(=O)Oc3ccc(OC(F)F)cc3F)C2)CC1. The fourth-order valence-electron chi connectivity index (χ4n) is 7.09. The van der Waals surface area contributed by atoms with E-state index < -0.39 is 12.4 Å². The molecule has 1 aromatic rings. The van der Waals surface area contributed by atoms with Gasteiger partial charge in [0.05, 0.1) is 5.92 Å². The van der Waals surface area contributed by atoms with Crippen molar-refractivity contribution in [1.82, 2.24) is 0 Å². The maximum atomic E-state index is 14.3. The normalized spacial score (nSPS) is 31.7. The second kappa shape index (κ2) is 11.8. The quantitative estimate of drug-likeness (QED) is 0.278. The number of hydrogen-bond donors (Lipinski definition) is 0. The van der Waals surface area contributed by atoms with Gasteiger partial charge in [0.1, 0.15) is 5.75 Å². The third kappa shape index (κ3) is 6.28. The Bertz CT molecular complexity index is 806. The van der Waals surface area contributed by atoms with Gasteiger partial charge in [-0.05, 0) is 80.2 Å². The van der Waals surface area contributed by atoms with E-state index in [0.29, 0.717) is 11.8 Å². The molecule has 0 N–H and O–H groups in total. The second-order valence-corrected chi connectivity index (χ2v) is 10.8. The predicted molar refractivity (Wildman–Crippen MR) is 125 cm³/mol. The van der Waals surface area contributed by atoms with E-state index in [1.165, 1.54) is 76.3 Å². The zero-order valence-corrected chi connectivity index (χ0v) is 20.3. The van der Waals surface area contributed by atoms with Crippen molar-refractivity contribution in [2.75, 3.05) is 0 Å². The molecular weight excluding hydrogens is 441 g/mol. The van der Waals surface area contributed by atoms with Gasteiger partial charge in [-0.3, -0.25) is 4.79 Å². The first-order valence-corrected chi connectivity index (χ1v) is 13.4. The molecule has 0 saturated heterocycles. The van der Waals surface area contributed by atoms with E-state index in [2.05, 4.69) is 11.7 Å². The molecule has 3 nitrogen and oxygen atoms in total. The van der Waals surface area contributed by atoms with E-state index in [4.69, 9.17) is 4.74 Å². The predicted octanol–water partition coefficient (Wildman–Crippen LogP) is 8.16. The van der Waals surface area contributed by atoms with Gasteiger partial charge < -0.3 is 9.47 Å². The van der Waals surface area contributed by atoms with Gasteiger partial charge in [0.25, 0.3) is 0 Å². The van der Waals surface area contributed by atoms with Crippen molar-refractivity contribution in [3.63, 3.8) is 0 Å². The van der Waals surface area contributed by atoms with Crippen LogP contribution in [-0.4, -0.2) is 12.6 Å². The molecule has 3 aliphatic carbocycles. The number of hydrogen-bond acceptors (Lipinski definition) is 3. The van der Waals surface area contributed by atoms with Gasteiger partial charge in [-0.2, -0.15) is 8.78 Å². The van der Waals surface area contributed by atoms with Crippen LogP contribution in [0.4, 0.5) is 13.2 Å². The summed E-state index contributed by atoms with van der Waals surface area (Å²) in [5.74, 6) is 1.45. The number of esters is 1. The molecule has 0 aromatic heterocycles. The first-order valence-electron chi connectivity index (χ1n) is 13.4. The molecule has 0 spiro atoms. The molecule has 0 aliphatic heterocycles. The minimum absolute atomic E-state index is 0.208. The first-order chi connectivity index (χ1) is 16.4. The molecule has 0 heterocycles. The summed E-state index contributed by atoms with van der Waals surface area (Å²) in [6.07, 6.45) is 16.0. The Kier molecular flexibility index (Phi) is 8.81. The Morgan fingerprint density at radius 1 is 1.00 bits per heavy atom. The second-order valence-electron chi connectivity index (χ2n) is 10.8. The molecule has 0 amide bonds. The minimum Gasteiger partial charge on any atom is -0.435 e. The molecule has 3 saturated carbocycles. The highest BCUT2D eigenvalue weighted by molar-refractivity contribution is 5.75. The van der Waals surface area contributed by atoms with E-state index in [9.17, 15) is 18.0 Å². The number of fused-ring (bicyclic) bond motifs is 1. The van der Waals surface area contributed by atoms with Crippen molar-refractivity contribution in [3.8, 4) is 11.5 Å². The van der Waals surface area contributed by atoms with E-state index >= 15 is 0 Å². The summed E-state index contributed by atoms with van der Waals surface area (Å²) in [5.41, 5.74) is 0. The average molecular weight is 481 g/mol. The van der Waals surface area contributed by atoms with Crippen molar-refractivity contribution < 1.29 is 27.4 Å². The monoisotopic (exact) mass is 480 g/mol. The molecule has 34 heavy (non-hydrogen) atoms. The van der Waals surface area contributed by atoms with E-state index in [1.807, 2.05) is 0 Å². The van der Waals surface area contributed by atoms with Crippen molar-refractivity contribution in [1.29, 1.82) is 0 Å². The lowest BCUT2D eigenvalue weighted by molar-refractivity contribution is -0.144. The zero-order chi connectivity index (χ0) is 24.1. The van der Waals surface area contributed by atoms with E-state index in [-0.39, 0.29) is 23.4 Å². The number of halogens is 3. The zero-order valence-electron chi connectivity index (χ0n) is 20.3. The summed E-state index contributed by atoms with van der Waals surface area (Å²) < 4.78 is 48.6. The average Bonchev–Trinajstić information content (AvgIpc) is 2.83. The fraction of sp³-hybridized carbons (Fsp3) is 0.750. The molecule has 4 unspecified atom stereocenters. The molecule has 4 atom stereocenters. The van der Waals surface area contributed by atoms with Crippen LogP contribution in [0.5, 0.6) is 11.5 Å². The third-order valence-corrected chi connectivity index (χ3v) is 8.85. The largest absolute Gasteiger partial charge is 0.435 e. The van der Waals surface area contributed by atoms with Crippen molar-refractivity contribution >= 4 is 5.97 Å². The smallest absolute Gasteiger partial charge is 0.387 e. The van der Waals surface area contributed by atoms with Crippen LogP contribution in [0.3, 0.4) is 0 Å². The Morgan fingerprint density at radius 3 is 2.47 bits per heavy atom. The highest BCUT2D eigenvalue weighted by Gasteiger charge is 2.43. The van der Waals surface area contributed by atoms with Crippen LogP contribution in [0, 0.1) is 41.3 Å². The van der Waals surface area contributed by atoms with Crippen LogP contribution >= 0.6 is 0 Å². The molecule has 0 radical (unpaired) electrons. The summed E-state index contributed by atoms with van der Waals surface area (Å²) in [4.78, 5) is 13.0. The van der Waals surface area contributed by atoms with E-state index in [0.717, 1.165) is 43.1 Å². The van der Waals surface area contributed by atoms with Crippen molar-refractivity contribution in [2.24, 2.45) is 35.5 Å². The number of ether oxygens (including phenoxy) is 2. The van der Waals surface area contributed by atoms with Crippen LogP contribution in [-0.2, 0) is 4.79 Å². The molecule has 3 aliphatic rings.